The Labute approximate surface area is 104 Å². The highest BCUT2D eigenvalue weighted by molar-refractivity contribution is 5.69. The molecule has 0 atom stereocenters. The Balaban J connectivity index is 1.93. The zero-order valence-electron chi connectivity index (χ0n) is 10.0. The monoisotopic (exact) mass is 245 g/mol. The smallest absolute Gasteiger partial charge is 0.309 e. The number of hydrogen-bond donors (Lipinski definition) is 1. The topological polar surface area (TPSA) is 67.5 Å². The van der Waals surface area contributed by atoms with Gasteiger partial charge >= 0.3 is 5.97 Å². The maximum absolute atomic E-state index is 10.7. The van der Waals surface area contributed by atoms with Crippen LogP contribution in [0.25, 0.3) is 5.65 Å². The Kier molecular flexibility index (Phi) is 2.74. The number of carboxylic acid groups (broad SMARTS) is 1. The van der Waals surface area contributed by atoms with E-state index in [0.717, 1.165) is 5.69 Å². The van der Waals surface area contributed by atoms with Crippen molar-refractivity contribution in [3.8, 4) is 0 Å². The molecule has 0 radical (unpaired) electrons. The molecule has 2 heterocycles. The Morgan fingerprint density at radius 2 is 2.17 bits per heavy atom. The summed E-state index contributed by atoms with van der Waals surface area (Å²) < 4.78 is 1.70. The minimum atomic E-state index is -0.866. The van der Waals surface area contributed by atoms with Crippen molar-refractivity contribution in [2.75, 3.05) is 0 Å². The maximum Gasteiger partial charge on any atom is 0.309 e. The molecule has 0 aliphatic heterocycles. The van der Waals surface area contributed by atoms with Gasteiger partial charge in [0.25, 0.3) is 0 Å². The van der Waals surface area contributed by atoms with Crippen LogP contribution in [0, 0.1) is 0 Å². The fraction of sp³-hybridized carbons (Fsp3) is 0.462. The third kappa shape index (κ3) is 2.08. The molecule has 2 aromatic heterocycles. The summed E-state index contributed by atoms with van der Waals surface area (Å²) in [6.07, 6.45) is 6.62. The van der Waals surface area contributed by atoms with Gasteiger partial charge in [0.15, 0.2) is 5.65 Å². The van der Waals surface area contributed by atoms with Gasteiger partial charge in [-0.15, -0.1) is 0 Å². The van der Waals surface area contributed by atoms with Gasteiger partial charge in [-0.3, -0.25) is 4.79 Å². The maximum atomic E-state index is 10.7. The molecule has 0 unspecified atom stereocenters. The van der Waals surface area contributed by atoms with Gasteiger partial charge in [-0.25, -0.2) is 9.50 Å². The van der Waals surface area contributed by atoms with Gasteiger partial charge in [0.1, 0.15) is 0 Å². The van der Waals surface area contributed by atoms with E-state index >= 15 is 0 Å². The van der Waals surface area contributed by atoms with Crippen molar-refractivity contribution in [1.82, 2.24) is 14.6 Å². The number of carboxylic acids is 1. The SMILES string of the molecule is O=C(O)Cc1cn2nc(C3CCCC3)ccc2n1. The molecule has 94 valence electrons. The summed E-state index contributed by atoms with van der Waals surface area (Å²) in [5.74, 6) is -0.311. The van der Waals surface area contributed by atoms with Crippen molar-refractivity contribution in [2.45, 2.75) is 38.0 Å². The number of rotatable bonds is 3. The highest BCUT2D eigenvalue weighted by Gasteiger charge is 2.19. The molecule has 1 saturated carbocycles. The Morgan fingerprint density at radius 3 is 2.89 bits per heavy atom. The van der Waals surface area contributed by atoms with Gasteiger partial charge in [-0.05, 0) is 25.0 Å². The molecule has 1 fully saturated rings. The van der Waals surface area contributed by atoms with Crippen molar-refractivity contribution in [2.24, 2.45) is 0 Å². The Morgan fingerprint density at radius 1 is 1.39 bits per heavy atom. The lowest BCUT2D eigenvalue weighted by molar-refractivity contribution is -0.136. The van der Waals surface area contributed by atoms with Crippen molar-refractivity contribution >= 4 is 11.6 Å². The predicted molar refractivity (Wildman–Crippen MR) is 65.5 cm³/mol. The molecule has 0 spiro atoms. The summed E-state index contributed by atoms with van der Waals surface area (Å²) in [6, 6.07) is 3.94. The van der Waals surface area contributed by atoms with E-state index < -0.39 is 5.97 Å². The van der Waals surface area contributed by atoms with Gasteiger partial charge in [0.05, 0.1) is 24.0 Å². The van der Waals surface area contributed by atoms with E-state index in [9.17, 15) is 4.79 Å². The van der Waals surface area contributed by atoms with Gasteiger partial charge in [-0.2, -0.15) is 5.10 Å². The first kappa shape index (κ1) is 11.2. The van der Waals surface area contributed by atoms with E-state index in [0.29, 0.717) is 17.3 Å². The number of nitrogens with zero attached hydrogens (tertiary/aromatic N) is 3. The number of fused-ring (bicyclic) bond motifs is 1. The van der Waals surface area contributed by atoms with Crippen LogP contribution in [0.2, 0.25) is 0 Å². The first-order chi connectivity index (χ1) is 8.72. The van der Waals surface area contributed by atoms with E-state index in [-0.39, 0.29) is 6.42 Å². The second-order valence-electron chi connectivity index (χ2n) is 4.85. The van der Waals surface area contributed by atoms with Crippen LogP contribution in [0.5, 0.6) is 0 Å². The average Bonchev–Trinajstić information content (AvgIpc) is 2.94. The van der Waals surface area contributed by atoms with Gasteiger partial charge in [-0.1, -0.05) is 12.8 Å². The molecule has 3 rings (SSSR count). The van der Waals surface area contributed by atoms with Gasteiger partial charge < -0.3 is 5.11 Å². The van der Waals surface area contributed by atoms with Crippen molar-refractivity contribution < 1.29 is 9.90 Å². The zero-order chi connectivity index (χ0) is 12.5. The molecule has 0 aromatic carbocycles. The molecule has 1 aliphatic rings. The fourth-order valence-corrected chi connectivity index (χ4v) is 2.63. The van der Waals surface area contributed by atoms with Crippen LogP contribution in [-0.4, -0.2) is 25.7 Å². The average molecular weight is 245 g/mol. The minimum absolute atomic E-state index is 0.0535. The van der Waals surface area contributed by atoms with Crippen molar-refractivity contribution in [1.29, 1.82) is 0 Å². The first-order valence-electron chi connectivity index (χ1n) is 6.29. The van der Waals surface area contributed by atoms with Crippen molar-refractivity contribution in [3.05, 3.63) is 29.7 Å². The normalized spacial score (nSPS) is 16.4. The van der Waals surface area contributed by atoms with Crippen LogP contribution in [0.4, 0.5) is 0 Å². The molecule has 2 aromatic rings. The molecule has 18 heavy (non-hydrogen) atoms. The predicted octanol–water partition coefficient (Wildman–Crippen LogP) is 2.01. The van der Waals surface area contributed by atoms with Crippen LogP contribution < -0.4 is 0 Å². The molecule has 0 saturated heterocycles. The van der Waals surface area contributed by atoms with Crippen LogP contribution in [0.3, 0.4) is 0 Å². The van der Waals surface area contributed by atoms with Crippen LogP contribution >= 0.6 is 0 Å². The fourth-order valence-electron chi connectivity index (χ4n) is 2.63. The number of aliphatic carboxylic acids is 1. The molecule has 0 bridgehead atoms. The Bertz CT molecular complexity index is 585. The summed E-state index contributed by atoms with van der Waals surface area (Å²) in [4.78, 5) is 14.9. The van der Waals surface area contributed by atoms with Gasteiger partial charge in [0, 0.05) is 5.92 Å². The van der Waals surface area contributed by atoms with Crippen molar-refractivity contribution in [3.63, 3.8) is 0 Å². The third-order valence-electron chi connectivity index (χ3n) is 3.50. The lowest BCUT2D eigenvalue weighted by Crippen LogP contribution is -2.01. The summed E-state index contributed by atoms with van der Waals surface area (Å²) in [7, 11) is 0. The van der Waals surface area contributed by atoms with Crippen LogP contribution in [-0.2, 0) is 11.2 Å². The Hall–Kier alpha value is -1.91. The second kappa shape index (κ2) is 4.40. The molecule has 1 N–H and O–H groups in total. The third-order valence-corrected chi connectivity index (χ3v) is 3.50. The lowest BCUT2D eigenvalue weighted by Gasteiger charge is -2.07. The molecular formula is C13H15N3O2. The van der Waals surface area contributed by atoms with Gasteiger partial charge in [0.2, 0.25) is 0 Å². The highest BCUT2D eigenvalue weighted by Crippen LogP contribution is 2.32. The van der Waals surface area contributed by atoms with E-state index in [1.165, 1.54) is 25.7 Å². The highest BCUT2D eigenvalue weighted by atomic mass is 16.4. The summed E-state index contributed by atoms with van der Waals surface area (Å²) >= 11 is 0. The zero-order valence-corrected chi connectivity index (χ0v) is 10.0. The molecular weight excluding hydrogens is 230 g/mol. The molecule has 0 amide bonds. The molecule has 5 heteroatoms. The molecule has 1 aliphatic carbocycles. The van der Waals surface area contributed by atoms with E-state index in [4.69, 9.17) is 5.11 Å². The minimum Gasteiger partial charge on any atom is -0.481 e. The summed E-state index contributed by atoms with van der Waals surface area (Å²) in [6.45, 7) is 0. The first-order valence-corrected chi connectivity index (χ1v) is 6.29. The van der Waals surface area contributed by atoms with Crippen LogP contribution in [0.15, 0.2) is 18.3 Å². The molecule has 5 nitrogen and oxygen atoms in total. The second-order valence-corrected chi connectivity index (χ2v) is 4.85. The van der Waals surface area contributed by atoms with E-state index in [1.807, 2.05) is 12.1 Å². The lowest BCUT2D eigenvalue weighted by atomic mass is 10.0. The number of carbonyl (C=O) groups is 1. The quantitative estimate of drug-likeness (QED) is 0.898. The number of imidazole rings is 1. The number of hydrogen-bond acceptors (Lipinski definition) is 3. The van der Waals surface area contributed by atoms with Crippen LogP contribution in [0.1, 0.15) is 43.0 Å². The summed E-state index contributed by atoms with van der Waals surface area (Å²) in [5.41, 5.74) is 2.37. The van der Waals surface area contributed by atoms with E-state index in [1.54, 1.807) is 10.7 Å². The largest absolute Gasteiger partial charge is 0.481 e. The van der Waals surface area contributed by atoms with E-state index in [2.05, 4.69) is 10.1 Å². The standard InChI is InChI=1S/C13H15N3O2/c17-13(18)7-10-8-16-12(14-10)6-5-11(15-16)9-3-1-2-4-9/h5-6,8-9H,1-4,7H2,(H,17,18). The number of aromatic nitrogens is 3. The summed E-state index contributed by atoms with van der Waals surface area (Å²) in [5, 5.41) is 13.3.